The minimum absolute atomic E-state index is 0.0306. The van der Waals surface area contributed by atoms with Crippen LogP contribution < -0.4 is 5.73 Å². The first-order valence-electron chi connectivity index (χ1n) is 6.62. The van der Waals surface area contributed by atoms with Crippen molar-refractivity contribution in [3.8, 4) is 0 Å². The van der Waals surface area contributed by atoms with Crippen molar-refractivity contribution in [2.45, 2.75) is 30.8 Å². The molecular weight excluding hydrogens is 344 g/mol. The van der Waals surface area contributed by atoms with E-state index in [1.165, 1.54) is 4.31 Å². The number of benzene rings is 1. The molecule has 0 spiro atoms. The molecule has 20 heavy (non-hydrogen) atoms. The molecule has 2 rings (SSSR count). The van der Waals surface area contributed by atoms with Gasteiger partial charge in [-0.05, 0) is 38.0 Å². The molecule has 0 aromatic heterocycles. The Hall–Kier alpha value is -0.630. The van der Waals surface area contributed by atoms with Crippen molar-refractivity contribution in [3.05, 3.63) is 22.7 Å². The number of hydrogen-bond acceptors (Lipinski definition) is 4. The lowest BCUT2D eigenvalue weighted by Crippen LogP contribution is -2.43. The first kappa shape index (κ1) is 15.8. The van der Waals surface area contributed by atoms with Crippen LogP contribution in [0.25, 0.3) is 0 Å². The number of sulfonamides is 1. The minimum Gasteiger partial charge on any atom is -0.398 e. The summed E-state index contributed by atoms with van der Waals surface area (Å²) in [6.45, 7) is 3.41. The molecule has 5 nitrogen and oxygen atoms in total. The highest BCUT2D eigenvalue weighted by molar-refractivity contribution is 9.10. The van der Waals surface area contributed by atoms with E-state index in [1.807, 2.05) is 6.92 Å². The van der Waals surface area contributed by atoms with E-state index in [4.69, 9.17) is 10.5 Å². The lowest BCUT2D eigenvalue weighted by atomic mass is 10.1. The first-order valence-corrected chi connectivity index (χ1v) is 8.85. The van der Waals surface area contributed by atoms with Crippen LogP contribution in [0.2, 0.25) is 0 Å². The standard InChI is InChI=1S/C13H19BrN2O3S/c1-2-19-11-4-3-7-16(9-11)20(17,18)13-8-10(14)5-6-12(13)15/h5-6,8,11H,2-4,7,9,15H2,1H3. The highest BCUT2D eigenvalue weighted by Gasteiger charge is 2.31. The summed E-state index contributed by atoms with van der Waals surface area (Å²) in [4.78, 5) is 0.157. The average Bonchev–Trinajstić information content (AvgIpc) is 2.42. The predicted octanol–water partition coefficient (Wildman–Crippen LogP) is 2.22. The van der Waals surface area contributed by atoms with E-state index in [9.17, 15) is 8.42 Å². The molecule has 1 atom stereocenters. The molecule has 1 unspecified atom stereocenters. The summed E-state index contributed by atoms with van der Waals surface area (Å²) in [6, 6.07) is 4.88. The molecule has 1 aliphatic rings. The van der Waals surface area contributed by atoms with E-state index >= 15 is 0 Å². The number of nitrogen functional groups attached to an aromatic ring is 1. The van der Waals surface area contributed by atoms with Gasteiger partial charge in [-0.3, -0.25) is 0 Å². The molecule has 1 aromatic carbocycles. The monoisotopic (exact) mass is 362 g/mol. The maximum Gasteiger partial charge on any atom is 0.245 e. The number of piperidine rings is 1. The molecule has 1 saturated heterocycles. The van der Waals surface area contributed by atoms with Crippen molar-refractivity contribution in [2.75, 3.05) is 25.4 Å². The maximum absolute atomic E-state index is 12.7. The van der Waals surface area contributed by atoms with Crippen molar-refractivity contribution in [1.82, 2.24) is 4.31 Å². The van der Waals surface area contributed by atoms with Gasteiger partial charge in [-0.25, -0.2) is 8.42 Å². The highest BCUT2D eigenvalue weighted by Crippen LogP contribution is 2.28. The summed E-state index contributed by atoms with van der Waals surface area (Å²) in [6.07, 6.45) is 1.67. The predicted molar refractivity (Wildman–Crippen MR) is 82.0 cm³/mol. The van der Waals surface area contributed by atoms with Gasteiger partial charge in [0.15, 0.2) is 0 Å². The summed E-state index contributed by atoms with van der Waals surface area (Å²) in [5.41, 5.74) is 6.09. The molecule has 7 heteroatoms. The highest BCUT2D eigenvalue weighted by atomic mass is 79.9. The number of ether oxygens (including phenoxy) is 1. The van der Waals surface area contributed by atoms with Gasteiger partial charge >= 0.3 is 0 Å². The molecule has 0 radical (unpaired) electrons. The van der Waals surface area contributed by atoms with Crippen LogP contribution in [0.15, 0.2) is 27.6 Å². The number of halogens is 1. The van der Waals surface area contributed by atoms with Gasteiger partial charge in [-0.1, -0.05) is 15.9 Å². The van der Waals surface area contributed by atoms with Gasteiger partial charge in [0, 0.05) is 24.2 Å². The topological polar surface area (TPSA) is 72.6 Å². The summed E-state index contributed by atoms with van der Waals surface area (Å²) in [5.74, 6) is 0. The van der Waals surface area contributed by atoms with Crippen molar-refractivity contribution < 1.29 is 13.2 Å². The van der Waals surface area contributed by atoms with Crippen LogP contribution in [0.4, 0.5) is 5.69 Å². The van der Waals surface area contributed by atoms with E-state index in [1.54, 1.807) is 18.2 Å². The lowest BCUT2D eigenvalue weighted by molar-refractivity contribution is 0.0265. The lowest BCUT2D eigenvalue weighted by Gasteiger charge is -2.31. The second kappa shape index (κ2) is 6.43. The van der Waals surface area contributed by atoms with E-state index in [0.29, 0.717) is 24.2 Å². The molecule has 2 N–H and O–H groups in total. The van der Waals surface area contributed by atoms with Crippen LogP contribution in [-0.2, 0) is 14.8 Å². The van der Waals surface area contributed by atoms with Crippen LogP contribution in [0.1, 0.15) is 19.8 Å². The third-order valence-corrected chi connectivity index (χ3v) is 5.75. The van der Waals surface area contributed by atoms with E-state index < -0.39 is 10.0 Å². The molecule has 0 amide bonds. The van der Waals surface area contributed by atoms with Gasteiger partial charge in [-0.2, -0.15) is 4.31 Å². The first-order chi connectivity index (χ1) is 9.45. The SMILES string of the molecule is CCOC1CCCN(S(=O)(=O)c2cc(Br)ccc2N)C1. The zero-order valence-corrected chi connectivity index (χ0v) is 13.8. The van der Waals surface area contributed by atoms with Gasteiger partial charge in [0.1, 0.15) is 4.90 Å². The van der Waals surface area contributed by atoms with Crippen molar-refractivity contribution in [1.29, 1.82) is 0 Å². The van der Waals surface area contributed by atoms with E-state index in [-0.39, 0.29) is 16.7 Å². The second-order valence-corrected chi connectivity index (χ2v) is 7.59. The average molecular weight is 363 g/mol. The summed E-state index contributed by atoms with van der Waals surface area (Å²) in [5, 5.41) is 0. The molecule has 0 aliphatic carbocycles. The van der Waals surface area contributed by atoms with Crippen LogP contribution in [0.5, 0.6) is 0 Å². The molecule has 1 aliphatic heterocycles. The quantitative estimate of drug-likeness (QED) is 0.833. The van der Waals surface area contributed by atoms with Crippen LogP contribution in [0.3, 0.4) is 0 Å². The zero-order valence-electron chi connectivity index (χ0n) is 11.4. The van der Waals surface area contributed by atoms with Gasteiger partial charge < -0.3 is 10.5 Å². The molecule has 0 saturated carbocycles. The maximum atomic E-state index is 12.7. The number of hydrogen-bond donors (Lipinski definition) is 1. The van der Waals surface area contributed by atoms with Gasteiger partial charge in [0.05, 0.1) is 11.8 Å². The third-order valence-electron chi connectivity index (χ3n) is 3.34. The molecule has 1 heterocycles. The van der Waals surface area contributed by atoms with Crippen molar-refractivity contribution >= 4 is 31.6 Å². The summed E-state index contributed by atoms with van der Waals surface area (Å²) < 4.78 is 33.1. The van der Waals surface area contributed by atoms with Crippen LogP contribution in [-0.4, -0.2) is 38.5 Å². The molecule has 1 aromatic rings. The zero-order chi connectivity index (χ0) is 14.8. The fourth-order valence-electron chi connectivity index (χ4n) is 2.37. The Labute approximate surface area is 128 Å². The van der Waals surface area contributed by atoms with Crippen molar-refractivity contribution in [3.63, 3.8) is 0 Å². The Bertz CT molecular complexity index is 575. The fraction of sp³-hybridized carbons (Fsp3) is 0.538. The molecule has 112 valence electrons. The Morgan fingerprint density at radius 3 is 2.95 bits per heavy atom. The molecule has 1 fully saturated rings. The number of nitrogens with two attached hydrogens (primary N) is 1. The smallest absolute Gasteiger partial charge is 0.245 e. The molecule has 0 bridgehead atoms. The Kier molecular flexibility index (Phi) is 5.06. The Balaban J connectivity index is 2.27. The van der Waals surface area contributed by atoms with E-state index in [2.05, 4.69) is 15.9 Å². The Morgan fingerprint density at radius 2 is 2.25 bits per heavy atom. The third kappa shape index (κ3) is 3.33. The number of rotatable bonds is 4. The summed E-state index contributed by atoms with van der Waals surface area (Å²) in [7, 11) is -3.57. The fourth-order valence-corrected chi connectivity index (χ4v) is 4.53. The van der Waals surface area contributed by atoms with Gasteiger partial charge in [-0.15, -0.1) is 0 Å². The normalized spacial score (nSPS) is 21.0. The van der Waals surface area contributed by atoms with Gasteiger partial charge in [0.2, 0.25) is 10.0 Å². The van der Waals surface area contributed by atoms with Crippen LogP contribution >= 0.6 is 15.9 Å². The van der Waals surface area contributed by atoms with Crippen molar-refractivity contribution in [2.24, 2.45) is 0 Å². The summed E-state index contributed by atoms with van der Waals surface area (Å²) >= 11 is 3.29. The minimum atomic E-state index is -3.57. The second-order valence-electron chi connectivity index (χ2n) is 4.76. The Morgan fingerprint density at radius 1 is 1.50 bits per heavy atom. The van der Waals surface area contributed by atoms with Gasteiger partial charge in [0.25, 0.3) is 0 Å². The molecular formula is C13H19BrN2O3S. The van der Waals surface area contributed by atoms with Crippen LogP contribution in [0, 0.1) is 0 Å². The number of anilines is 1. The largest absolute Gasteiger partial charge is 0.398 e. The van der Waals surface area contributed by atoms with E-state index in [0.717, 1.165) is 12.8 Å². The number of nitrogens with zero attached hydrogens (tertiary/aromatic N) is 1.